The molecular weight excluding hydrogens is 787 g/mol. The van der Waals surface area contributed by atoms with Gasteiger partial charge in [-0.1, -0.05) is 163 Å². The average molecular weight is 845 g/mol. The third-order valence-electron chi connectivity index (χ3n) is 10.8. The Labute approximate surface area is 398 Å². The van der Waals surface area contributed by atoms with Crippen LogP contribution in [0.2, 0.25) is 0 Å². The van der Waals surface area contributed by atoms with Crippen LogP contribution in [0.25, 0.3) is 120 Å². The molecule has 0 radical (unpaired) electrons. The second kappa shape index (κ2) is 14.2. The molecule has 0 saturated heterocycles. The number of nitrogens with zero attached hydrogens (tertiary/aromatic N) is 5. The van der Waals surface area contributed by atoms with E-state index in [1.54, 1.807) is 29.5 Å². The summed E-state index contributed by atoms with van der Waals surface area (Å²) in [6, 6.07) is 3.91. The Morgan fingerprint density at radius 3 is 1.67 bits per heavy atom. The van der Waals surface area contributed by atoms with E-state index in [4.69, 9.17) is 34.1 Å². The molecule has 0 aliphatic carbocycles. The third-order valence-corrected chi connectivity index (χ3v) is 11.9. The summed E-state index contributed by atoms with van der Waals surface area (Å²) in [5.74, 6) is -1.43. The molecule has 0 amide bonds. The summed E-state index contributed by atoms with van der Waals surface area (Å²) in [6.07, 6.45) is 0. The van der Waals surface area contributed by atoms with Gasteiger partial charge in [0.2, 0.25) is 11.9 Å². The summed E-state index contributed by atoms with van der Waals surface area (Å²) in [6.45, 7) is 0. The standard InChI is InChI=1S/C57H35N5S/c1-3-14-36(15-4-1)40-26-29-45-46-30-27-41(37-16-5-2-6-17-37)35-52(46)62(51(45)34-40)57-59-55(58-56(60-57)61-49-23-10-7-20-43(49)44-21-8-11-24-50(44)61)42-19-13-18-38(32-42)39-28-31-54-48(33-39)47-22-9-12-25-53(47)63-54/h1-35H/i1D,2D,3D,4D,5D,6D,7D,8D,10D,11D,14D,15D,16D,17D,20D,21D,23D,24D,26D,27D,29D,30D,34D. The van der Waals surface area contributed by atoms with Crippen molar-refractivity contribution in [1.29, 1.82) is 0 Å². The first kappa shape index (κ1) is 19.7. The molecule has 0 fully saturated rings. The fourth-order valence-electron chi connectivity index (χ4n) is 7.95. The molecule has 5 nitrogen and oxygen atoms in total. The van der Waals surface area contributed by atoms with Gasteiger partial charge in [-0.15, -0.1) is 11.3 Å². The molecule has 0 aliphatic heterocycles. The maximum Gasteiger partial charge on any atom is 0.240 e. The first-order valence-corrected chi connectivity index (χ1v) is 20.1. The van der Waals surface area contributed by atoms with E-state index in [9.17, 15) is 12.3 Å². The molecule has 0 unspecified atom stereocenters. The highest BCUT2D eigenvalue weighted by Gasteiger charge is 2.22. The molecule has 9 aromatic carbocycles. The van der Waals surface area contributed by atoms with Crippen molar-refractivity contribution in [2.75, 3.05) is 0 Å². The molecule has 0 bridgehead atoms. The summed E-state index contributed by atoms with van der Waals surface area (Å²) < 4.78 is 212. The average Bonchev–Trinajstić information content (AvgIpc) is 1.56. The van der Waals surface area contributed by atoms with Crippen LogP contribution in [0.5, 0.6) is 0 Å². The molecule has 13 rings (SSSR count). The zero-order chi connectivity index (χ0) is 61.4. The van der Waals surface area contributed by atoms with Crippen LogP contribution in [0.1, 0.15) is 31.5 Å². The maximum absolute atomic E-state index is 10.1. The Morgan fingerprint density at radius 2 is 0.921 bits per heavy atom. The van der Waals surface area contributed by atoms with Crippen molar-refractivity contribution in [1.82, 2.24) is 24.1 Å². The summed E-state index contributed by atoms with van der Waals surface area (Å²) >= 11 is 1.62. The number of para-hydroxylation sites is 2. The summed E-state index contributed by atoms with van der Waals surface area (Å²) in [4.78, 5) is 14.8. The van der Waals surface area contributed by atoms with Gasteiger partial charge in [0.25, 0.3) is 0 Å². The van der Waals surface area contributed by atoms with Crippen LogP contribution >= 0.6 is 11.3 Å². The number of fused-ring (bicyclic) bond motifs is 9. The second-order valence-corrected chi connectivity index (χ2v) is 15.4. The largest absolute Gasteiger partial charge is 0.278 e. The van der Waals surface area contributed by atoms with E-state index in [0.29, 0.717) is 5.56 Å². The Kier molecular flexibility index (Phi) is 4.43. The van der Waals surface area contributed by atoms with E-state index in [1.807, 2.05) is 48.5 Å². The Balaban J connectivity index is 1.23. The highest BCUT2D eigenvalue weighted by Crippen LogP contribution is 2.40. The molecule has 0 spiro atoms. The normalized spacial score (nSPS) is 16.9. The molecule has 4 aromatic heterocycles. The minimum Gasteiger partial charge on any atom is -0.278 e. The quantitative estimate of drug-likeness (QED) is 0.168. The smallest absolute Gasteiger partial charge is 0.240 e. The van der Waals surface area contributed by atoms with Gasteiger partial charge in [0.05, 0.1) is 53.6 Å². The minimum atomic E-state index is -0.853. The van der Waals surface area contributed by atoms with E-state index >= 15 is 0 Å². The van der Waals surface area contributed by atoms with Crippen molar-refractivity contribution in [2.24, 2.45) is 0 Å². The van der Waals surface area contributed by atoms with E-state index in [0.717, 1.165) is 40.9 Å². The van der Waals surface area contributed by atoms with Crippen molar-refractivity contribution < 1.29 is 31.5 Å². The lowest BCUT2D eigenvalue weighted by atomic mass is 10.0. The van der Waals surface area contributed by atoms with Crippen molar-refractivity contribution in [2.45, 2.75) is 0 Å². The fraction of sp³-hybridized carbons (Fsp3) is 0. The zero-order valence-electron chi connectivity index (χ0n) is 55.1. The summed E-state index contributed by atoms with van der Waals surface area (Å²) in [5.41, 5.74) is -2.35. The number of thiophene rings is 1. The SMILES string of the molecule is [2H]c1c([2H])c([2H])c(-c2cc3c(c([2H])c2[2H])c2c([2H])c([2H])c(-c4c([2H])c([2H])c([2H])c([2H])c4[2H])c([2H])c2n3-c2nc(-c3cccc(-c4ccc5sc6ccccc6c5c4)c3)nc(-n3c4c([2H])c([2H])c([2H])c([2H])c4c4c([2H])c([2H])c([2H])c([2H])c43)n2)c([2H])c1[2H]. The molecule has 0 N–H and O–H groups in total. The highest BCUT2D eigenvalue weighted by molar-refractivity contribution is 7.25. The number of benzene rings is 9. The molecule has 294 valence electrons. The lowest BCUT2D eigenvalue weighted by Gasteiger charge is -2.14. The summed E-state index contributed by atoms with van der Waals surface area (Å²) in [7, 11) is 0. The number of aromatic nitrogens is 5. The van der Waals surface area contributed by atoms with Crippen LogP contribution in [0.3, 0.4) is 0 Å². The minimum absolute atomic E-state index is 0.225. The van der Waals surface area contributed by atoms with Gasteiger partial charge in [-0.25, -0.2) is 0 Å². The number of hydrogen-bond acceptors (Lipinski definition) is 4. The lowest BCUT2D eigenvalue weighted by Crippen LogP contribution is -2.10. The van der Waals surface area contributed by atoms with Gasteiger partial charge in [0.15, 0.2) is 5.82 Å². The van der Waals surface area contributed by atoms with E-state index < -0.39 is 195 Å². The van der Waals surface area contributed by atoms with Gasteiger partial charge in [-0.05, 0) is 81.8 Å². The van der Waals surface area contributed by atoms with Gasteiger partial charge in [0.1, 0.15) is 0 Å². The first-order valence-electron chi connectivity index (χ1n) is 30.8. The van der Waals surface area contributed by atoms with Gasteiger partial charge < -0.3 is 0 Å². The van der Waals surface area contributed by atoms with E-state index in [1.165, 1.54) is 0 Å². The number of hydrogen-bond donors (Lipinski definition) is 0. The second-order valence-electron chi connectivity index (χ2n) is 14.3. The van der Waals surface area contributed by atoms with Crippen LogP contribution in [0.4, 0.5) is 0 Å². The van der Waals surface area contributed by atoms with Crippen molar-refractivity contribution in [3.05, 3.63) is 212 Å². The van der Waals surface area contributed by atoms with Crippen LogP contribution in [0, 0.1) is 0 Å². The maximum atomic E-state index is 10.1. The van der Waals surface area contributed by atoms with Gasteiger partial charge >= 0.3 is 0 Å². The van der Waals surface area contributed by atoms with Gasteiger partial charge in [0, 0.05) is 47.3 Å². The predicted molar refractivity (Wildman–Crippen MR) is 263 cm³/mol. The highest BCUT2D eigenvalue weighted by atomic mass is 32.1. The molecule has 0 atom stereocenters. The molecule has 4 heterocycles. The van der Waals surface area contributed by atoms with Crippen LogP contribution in [-0.4, -0.2) is 24.1 Å². The lowest BCUT2D eigenvalue weighted by molar-refractivity contribution is 0.893. The molecule has 0 saturated carbocycles. The third kappa shape index (κ3) is 5.80. The van der Waals surface area contributed by atoms with Crippen LogP contribution in [0.15, 0.2) is 212 Å². The topological polar surface area (TPSA) is 48.5 Å². The van der Waals surface area contributed by atoms with Crippen LogP contribution in [-0.2, 0) is 0 Å². The Morgan fingerprint density at radius 1 is 0.349 bits per heavy atom. The Bertz CT molecular complexity index is 5170. The molecule has 13 aromatic rings. The molecular formula is C57H35N5S. The monoisotopic (exact) mass is 844 g/mol. The Hall–Kier alpha value is -8.19. The van der Waals surface area contributed by atoms with Crippen molar-refractivity contribution in [3.8, 4) is 56.7 Å². The molecule has 63 heavy (non-hydrogen) atoms. The zero-order valence-corrected chi connectivity index (χ0v) is 32.9. The number of rotatable bonds is 6. The predicted octanol–water partition coefficient (Wildman–Crippen LogP) is 15.1. The molecule has 0 aliphatic rings. The van der Waals surface area contributed by atoms with Crippen molar-refractivity contribution in [3.63, 3.8) is 0 Å². The van der Waals surface area contributed by atoms with Gasteiger partial charge in [-0.2, -0.15) is 15.0 Å². The van der Waals surface area contributed by atoms with Gasteiger partial charge in [-0.3, -0.25) is 9.13 Å². The first-order chi connectivity index (χ1) is 40.8. The summed E-state index contributed by atoms with van der Waals surface area (Å²) in [5, 5.41) is 0.518. The molecule has 6 heteroatoms. The van der Waals surface area contributed by atoms with Crippen molar-refractivity contribution >= 4 is 75.1 Å². The van der Waals surface area contributed by atoms with E-state index in [-0.39, 0.29) is 33.1 Å². The van der Waals surface area contributed by atoms with E-state index in [2.05, 4.69) is 0 Å². The van der Waals surface area contributed by atoms with Crippen LogP contribution < -0.4 is 0 Å². The fourth-order valence-corrected chi connectivity index (χ4v) is 9.03.